The van der Waals surface area contributed by atoms with Crippen LogP contribution in [0.15, 0.2) is 36.5 Å². The van der Waals surface area contributed by atoms with E-state index in [-0.39, 0.29) is 34.9 Å². The quantitative estimate of drug-likeness (QED) is 0.550. The van der Waals surface area contributed by atoms with Crippen molar-refractivity contribution in [2.45, 2.75) is 102 Å². The molecular weight excluding hydrogens is 484 g/mol. The highest BCUT2D eigenvalue weighted by molar-refractivity contribution is 6.30. The highest BCUT2D eigenvalue weighted by Crippen LogP contribution is 2.56. The van der Waals surface area contributed by atoms with Crippen LogP contribution < -0.4 is 5.32 Å². The lowest BCUT2D eigenvalue weighted by molar-refractivity contribution is -0.141. The normalized spacial score (nSPS) is 34.7. The van der Waals surface area contributed by atoms with E-state index in [2.05, 4.69) is 26.1 Å². The van der Waals surface area contributed by atoms with Gasteiger partial charge in [0.2, 0.25) is 11.8 Å². The van der Waals surface area contributed by atoms with Crippen LogP contribution >= 0.6 is 11.6 Å². The van der Waals surface area contributed by atoms with Crippen LogP contribution in [0.2, 0.25) is 5.02 Å². The van der Waals surface area contributed by atoms with Crippen molar-refractivity contribution < 1.29 is 9.59 Å². The van der Waals surface area contributed by atoms with Crippen LogP contribution in [0.4, 0.5) is 0 Å². The summed E-state index contributed by atoms with van der Waals surface area (Å²) in [5, 5.41) is 9.12. The van der Waals surface area contributed by atoms with Crippen molar-refractivity contribution in [3.05, 3.63) is 52.8 Å². The molecule has 2 amide bonds. The van der Waals surface area contributed by atoms with Crippen LogP contribution in [-0.4, -0.2) is 38.1 Å². The number of rotatable bonds is 4. The van der Waals surface area contributed by atoms with Gasteiger partial charge in [-0.05, 0) is 107 Å². The van der Waals surface area contributed by atoms with Crippen molar-refractivity contribution in [3.63, 3.8) is 0 Å². The Morgan fingerprint density at radius 1 is 1.03 bits per heavy atom. The summed E-state index contributed by atoms with van der Waals surface area (Å²) < 4.78 is 1.97. The van der Waals surface area contributed by atoms with Crippen molar-refractivity contribution in [1.82, 2.24) is 20.0 Å². The SMILES string of the molecule is CC(=O)N1[C@H](C(=O)NC23CC4CC(CC(C4)C2)C3)CC(c2ccn(C(C)(C)C)n2)[C@@H]1c1cccc(Cl)c1. The third-order valence-electron chi connectivity index (χ3n) is 9.45. The van der Waals surface area contributed by atoms with Gasteiger partial charge in [0.05, 0.1) is 17.3 Å². The van der Waals surface area contributed by atoms with Gasteiger partial charge in [0.15, 0.2) is 0 Å². The number of likely N-dealkylation sites (tertiary alicyclic amines) is 1. The second kappa shape index (κ2) is 8.86. The number of nitrogens with zero attached hydrogens (tertiary/aromatic N) is 3. The zero-order valence-corrected chi connectivity index (χ0v) is 23.2. The molecular formula is C30H39ClN4O2. The van der Waals surface area contributed by atoms with E-state index < -0.39 is 6.04 Å². The zero-order valence-electron chi connectivity index (χ0n) is 22.4. The van der Waals surface area contributed by atoms with Gasteiger partial charge in [0.25, 0.3) is 0 Å². The summed E-state index contributed by atoms with van der Waals surface area (Å²) in [7, 11) is 0. The number of amides is 2. The molecule has 198 valence electrons. The fraction of sp³-hybridized carbons (Fsp3) is 0.633. The molecule has 7 rings (SSSR count). The maximum absolute atomic E-state index is 14.1. The number of nitrogens with one attached hydrogen (secondary N) is 1. The Morgan fingerprint density at radius 3 is 2.22 bits per heavy atom. The van der Waals surface area contributed by atoms with Gasteiger partial charge in [0, 0.05) is 29.6 Å². The van der Waals surface area contributed by atoms with E-state index in [4.69, 9.17) is 16.7 Å². The summed E-state index contributed by atoms with van der Waals surface area (Å²) in [6.07, 6.45) is 9.81. The maximum atomic E-state index is 14.1. The van der Waals surface area contributed by atoms with E-state index in [0.29, 0.717) is 11.4 Å². The molecule has 4 saturated carbocycles. The molecule has 6 nitrogen and oxygen atoms in total. The molecule has 4 bridgehead atoms. The minimum Gasteiger partial charge on any atom is -0.349 e. The molecule has 3 atom stereocenters. The van der Waals surface area contributed by atoms with Crippen LogP contribution in [0, 0.1) is 17.8 Å². The fourth-order valence-electron chi connectivity index (χ4n) is 8.40. The number of benzene rings is 1. The molecule has 0 spiro atoms. The Bertz CT molecular complexity index is 1180. The molecule has 1 unspecified atom stereocenters. The smallest absolute Gasteiger partial charge is 0.243 e. The summed E-state index contributed by atoms with van der Waals surface area (Å²) in [6, 6.07) is 8.92. The molecule has 1 N–H and O–H groups in total. The van der Waals surface area contributed by atoms with Gasteiger partial charge in [-0.2, -0.15) is 5.10 Å². The molecule has 1 aromatic heterocycles. The number of carbonyl (C=O) groups is 2. The zero-order chi connectivity index (χ0) is 26.1. The van der Waals surface area contributed by atoms with Gasteiger partial charge in [0.1, 0.15) is 6.04 Å². The standard InChI is InChI=1S/C30H39ClN4O2/c1-18(36)35-26(28(37)32-30-15-19-10-20(16-30)12-21(11-19)17-30)14-24(25-8-9-34(33-25)29(2,3)4)27(35)22-6-5-7-23(31)13-22/h5-9,13,19-21,24,26-27H,10-12,14-17H2,1-4H3,(H,32,37)/t19?,20?,21?,24?,26-,27-,30?/m0/s1. The first-order chi connectivity index (χ1) is 17.5. The molecule has 7 heteroatoms. The number of halogens is 1. The topological polar surface area (TPSA) is 67.2 Å². The van der Waals surface area contributed by atoms with Crippen LogP contribution in [0.3, 0.4) is 0 Å². The molecule has 4 aliphatic carbocycles. The van der Waals surface area contributed by atoms with E-state index in [1.54, 1.807) is 6.92 Å². The highest BCUT2D eigenvalue weighted by atomic mass is 35.5. The van der Waals surface area contributed by atoms with Gasteiger partial charge in [-0.15, -0.1) is 0 Å². The molecule has 0 radical (unpaired) electrons. The summed E-state index contributed by atoms with van der Waals surface area (Å²) in [5.41, 5.74) is 1.61. The second-order valence-electron chi connectivity index (χ2n) is 13.3. The van der Waals surface area contributed by atoms with E-state index in [9.17, 15) is 9.59 Å². The number of aromatic nitrogens is 2. The molecule has 5 fully saturated rings. The van der Waals surface area contributed by atoms with Crippen LogP contribution in [0.5, 0.6) is 0 Å². The molecule has 1 aromatic carbocycles. The van der Waals surface area contributed by atoms with Crippen LogP contribution in [0.25, 0.3) is 0 Å². The van der Waals surface area contributed by atoms with Gasteiger partial charge in [-0.25, -0.2) is 0 Å². The van der Waals surface area contributed by atoms with E-state index in [1.165, 1.54) is 19.3 Å². The molecule has 2 heterocycles. The average Bonchev–Trinajstić information content (AvgIpc) is 3.43. The van der Waals surface area contributed by atoms with Crippen molar-refractivity contribution >= 4 is 23.4 Å². The predicted molar refractivity (Wildman–Crippen MR) is 144 cm³/mol. The van der Waals surface area contributed by atoms with Crippen LogP contribution in [-0.2, 0) is 15.1 Å². The van der Waals surface area contributed by atoms with E-state index in [1.807, 2.05) is 46.1 Å². The number of hydrogen-bond donors (Lipinski definition) is 1. The fourth-order valence-corrected chi connectivity index (χ4v) is 8.60. The van der Waals surface area contributed by atoms with E-state index in [0.717, 1.165) is 48.3 Å². The minimum atomic E-state index is -0.528. The molecule has 1 saturated heterocycles. The minimum absolute atomic E-state index is 0.00179. The summed E-state index contributed by atoms with van der Waals surface area (Å²) in [6.45, 7) is 7.95. The molecule has 2 aromatic rings. The lowest BCUT2D eigenvalue weighted by Gasteiger charge is -2.57. The summed E-state index contributed by atoms with van der Waals surface area (Å²) in [4.78, 5) is 29.1. The van der Waals surface area contributed by atoms with Crippen molar-refractivity contribution in [1.29, 1.82) is 0 Å². The molecule has 1 aliphatic heterocycles. The number of carbonyl (C=O) groups excluding carboxylic acids is 2. The van der Waals surface area contributed by atoms with Gasteiger partial charge < -0.3 is 10.2 Å². The number of hydrogen-bond acceptors (Lipinski definition) is 3. The first-order valence-corrected chi connectivity index (χ1v) is 14.3. The lowest BCUT2D eigenvalue weighted by Crippen LogP contribution is -2.62. The molecule has 37 heavy (non-hydrogen) atoms. The largest absolute Gasteiger partial charge is 0.349 e. The van der Waals surface area contributed by atoms with Crippen molar-refractivity contribution in [3.8, 4) is 0 Å². The monoisotopic (exact) mass is 522 g/mol. The Hall–Kier alpha value is -2.34. The first-order valence-electron chi connectivity index (χ1n) is 13.9. The second-order valence-corrected chi connectivity index (χ2v) is 13.8. The van der Waals surface area contributed by atoms with Gasteiger partial charge >= 0.3 is 0 Å². The summed E-state index contributed by atoms with van der Waals surface area (Å²) >= 11 is 6.41. The third-order valence-corrected chi connectivity index (χ3v) is 9.69. The Balaban J connectivity index is 1.35. The first kappa shape index (κ1) is 25.0. The average molecular weight is 523 g/mol. The van der Waals surface area contributed by atoms with Crippen molar-refractivity contribution in [2.24, 2.45) is 17.8 Å². The van der Waals surface area contributed by atoms with E-state index >= 15 is 0 Å². The Labute approximate surface area is 225 Å². The molecule has 5 aliphatic rings. The Morgan fingerprint density at radius 2 is 1.68 bits per heavy atom. The Kier molecular flexibility index (Phi) is 5.98. The van der Waals surface area contributed by atoms with Gasteiger partial charge in [-0.1, -0.05) is 23.7 Å². The van der Waals surface area contributed by atoms with Crippen LogP contribution in [0.1, 0.15) is 95.9 Å². The van der Waals surface area contributed by atoms with Gasteiger partial charge in [-0.3, -0.25) is 14.3 Å². The third kappa shape index (κ3) is 4.49. The summed E-state index contributed by atoms with van der Waals surface area (Å²) in [5.74, 6) is 2.04. The maximum Gasteiger partial charge on any atom is 0.243 e. The predicted octanol–water partition coefficient (Wildman–Crippen LogP) is 5.82. The van der Waals surface area contributed by atoms with Crippen molar-refractivity contribution in [2.75, 3.05) is 0 Å². The highest BCUT2D eigenvalue weighted by Gasteiger charge is 2.54. The lowest BCUT2D eigenvalue weighted by atomic mass is 9.53.